The van der Waals surface area contributed by atoms with Crippen LogP contribution in [0.5, 0.6) is 0 Å². The van der Waals surface area contributed by atoms with Gasteiger partial charge in [0.1, 0.15) is 6.54 Å². The van der Waals surface area contributed by atoms with E-state index in [2.05, 4.69) is 17.1 Å². The fraction of sp³-hybridized carbons (Fsp3) is 0.857. The predicted octanol–water partition coefficient (Wildman–Crippen LogP) is 1.37. The molecule has 0 bridgehead atoms. The second kappa shape index (κ2) is 8.09. The minimum Gasteiger partial charge on any atom is -0.480 e. The molecule has 6 heteroatoms. The number of likely N-dealkylation sites (N-methyl/N-ethyl adjacent to an activating group) is 1. The summed E-state index contributed by atoms with van der Waals surface area (Å²) in [5.74, 6) is -0.975. The van der Waals surface area contributed by atoms with E-state index in [1.165, 1.54) is 11.3 Å². The molecule has 0 saturated carbocycles. The molecular weight excluding hydrogens is 258 g/mol. The van der Waals surface area contributed by atoms with Crippen LogP contribution in [0.2, 0.25) is 0 Å². The van der Waals surface area contributed by atoms with Crippen LogP contribution in [0.15, 0.2) is 0 Å². The standard InChI is InChI=1S/C14H27N3O3/c1-4-11(3)17(10-13(18)19)14(20)15-9-12-7-6-8-16(12)5-2/h11-12H,4-10H2,1-3H3,(H,15,20)(H,18,19). The smallest absolute Gasteiger partial charge is 0.323 e. The van der Waals surface area contributed by atoms with Crippen molar-refractivity contribution in [3.63, 3.8) is 0 Å². The molecule has 0 radical (unpaired) electrons. The number of rotatable bonds is 7. The van der Waals surface area contributed by atoms with Crippen molar-refractivity contribution in [2.45, 2.75) is 52.1 Å². The average Bonchev–Trinajstić information content (AvgIpc) is 2.88. The molecule has 1 saturated heterocycles. The predicted molar refractivity (Wildman–Crippen MR) is 77.8 cm³/mol. The highest BCUT2D eigenvalue weighted by atomic mass is 16.4. The first-order valence-electron chi connectivity index (χ1n) is 7.49. The highest BCUT2D eigenvalue weighted by molar-refractivity contribution is 5.80. The van der Waals surface area contributed by atoms with Crippen LogP contribution in [0, 0.1) is 0 Å². The van der Waals surface area contributed by atoms with Gasteiger partial charge in [-0.15, -0.1) is 0 Å². The Kier molecular flexibility index (Phi) is 6.78. The zero-order chi connectivity index (χ0) is 15.1. The molecule has 1 fully saturated rings. The van der Waals surface area contributed by atoms with Crippen LogP contribution in [0.3, 0.4) is 0 Å². The fourth-order valence-electron chi connectivity index (χ4n) is 2.64. The molecule has 116 valence electrons. The molecule has 1 aliphatic rings. The Labute approximate surface area is 121 Å². The Bertz CT molecular complexity index is 336. The van der Waals surface area contributed by atoms with Crippen molar-refractivity contribution in [1.29, 1.82) is 0 Å². The molecule has 0 spiro atoms. The minimum atomic E-state index is -0.975. The van der Waals surface area contributed by atoms with Gasteiger partial charge >= 0.3 is 12.0 Å². The van der Waals surface area contributed by atoms with Crippen molar-refractivity contribution < 1.29 is 14.7 Å². The summed E-state index contributed by atoms with van der Waals surface area (Å²) in [5, 5.41) is 11.8. The van der Waals surface area contributed by atoms with Crippen LogP contribution in [-0.2, 0) is 4.79 Å². The Morgan fingerprint density at radius 3 is 2.70 bits per heavy atom. The fourth-order valence-corrected chi connectivity index (χ4v) is 2.64. The quantitative estimate of drug-likeness (QED) is 0.741. The van der Waals surface area contributed by atoms with E-state index in [-0.39, 0.29) is 18.6 Å². The van der Waals surface area contributed by atoms with Crippen molar-refractivity contribution in [2.24, 2.45) is 0 Å². The van der Waals surface area contributed by atoms with Crippen LogP contribution < -0.4 is 5.32 Å². The van der Waals surface area contributed by atoms with Gasteiger partial charge in [-0.1, -0.05) is 13.8 Å². The molecule has 20 heavy (non-hydrogen) atoms. The summed E-state index contributed by atoms with van der Waals surface area (Å²) in [6, 6.07) is 0.0363. The van der Waals surface area contributed by atoms with E-state index in [0.717, 1.165) is 25.9 Å². The number of hydrogen-bond acceptors (Lipinski definition) is 3. The Balaban J connectivity index is 2.51. The maximum Gasteiger partial charge on any atom is 0.323 e. The number of carbonyl (C=O) groups excluding carboxylic acids is 1. The molecule has 2 amide bonds. The highest BCUT2D eigenvalue weighted by Crippen LogP contribution is 2.15. The molecule has 1 aliphatic heterocycles. The number of likely N-dealkylation sites (tertiary alicyclic amines) is 1. The number of nitrogens with zero attached hydrogens (tertiary/aromatic N) is 2. The molecule has 0 aromatic carbocycles. The van der Waals surface area contributed by atoms with E-state index < -0.39 is 5.97 Å². The van der Waals surface area contributed by atoms with Crippen molar-refractivity contribution in [3.05, 3.63) is 0 Å². The van der Waals surface area contributed by atoms with Crippen LogP contribution in [-0.4, -0.2) is 65.2 Å². The van der Waals surface area contributed by atoms with E-state index >= 15 is 0 Å². The zero-order valence-corrected chi connectivity index (χ0v) is 12.8. The first-order chi connectivity index (χ1) is 9.49. The van der Waals surface area contributed by atoms with Gasteiger partial charge in [-0.3, -0.25) is 9.69 Å². The Morgan fingerprint density at radius 2 is 2.15 bits per heavy atom. The summed E-state index contributed by atoms with van der Waals surface area (Å²) in [6.45, 7) is 8.36. The molecule has 0 aromatic rings. The lowest BCUT2D eigenvalue weighted by atomic mass is 10.2. The maximum atomic E-state index is 12.2. The lowest BCUT2D eigenvalue weighted by Crippen LogP contribution is -2.50. The van der Waals surface area contributed by atoms with Gasteiger partial charge in [0, 0.05) is 18.6 Å². The lowest BCUT2D eigenvalue weighted by molar-refractivity contribution is -0.138. The van der Waals surface area contributed by atoms with E-state index in [0.29, 0.717) is 12.6 Å². The first kappa shape index (κ1) is 16.8. The average molecular weight is 285 g/mol. The summed E-state index contributed by atoms with van der Waals surface area (Å²) in [7, 11) is 0. The molecular formula is C14H27N3O3. The van der Waals surface area contributed by atoms with E-state index in [1.807, 2.05) is 13.8 Å². The van der Waals surface area contributed by atoms with Gasteiger partial charge in [-0.25, -0.2) is 4.79 Å². The van der Waals surface area contributed by atoms with Gasteiger partial charge in [0.2, 0.25) is 0 Å². The normalized spacial score (nSPS) is 20.6. The zero-order valence-electron chi connectivity index (χ0n) is 12.8. The highest BCUT2D eigenvalue weighted by Gasteiger charge is 2.26. The largest absolute Gasteiger partial charge is 0.480 e. The molecule has 2 unspecified atom stereocenters. The third-order valence-corrected chi connectivity index (χ3v) is 4.08. The number of carboxylic acids is 1. The summed E-state index contributed by atoms with van der Waals surface area (Å²) >= 11 is 0. The number of carbonyl (C=O) groups is 2. The molecule has 2 atom stereocenters. The Morgan fingerprint density at radius 1 is 1.45 bits per heavy atom. The summed E-state index contributed by atoms with van der Waals surface area (Å²) in [6.07, 6.45) is 3.00. The van der Waals surface area contributed by atoms with E-state index in [1.54, 1.807) is 0 Å². The van der Waals surface area contributed by atoms with Crippen LogP contribution in [0.1, 0.15) is 40.0 Å². The van der Waals surface area contributed by atoms with Gasteiger partial charge in [-0.2, -0.15) is 0 Å². The number of nitrogens with one attached hydrogen (secondary N) is 1. The monoisotopic (exact) mass is 285 g/mol. The maximum absolute atomic E-state index is 12.2. The summed E-state index contributed by atoms with van der Waals surface area (Å²) < 4.78 is 0. The van der Waals surface area contributed by atoms with E-state index in [4.69, 9.17) is 5.11 Å². The first-order valence-corrected chi connectivity index (χ1v) is 7.49. The molecule has 0 aliphatic carbocycles. The van der Waals surface area contributed by atoms with E-state index in [9.17, 15) is 9.59 Å². The number of urea groups is 1. The van der Waals surface area contributed by atoms with Gasteiger partial charge in [-0.05, 0) is 39.3 Å². The SMILES string of the molecule is CCC(C)N(CC(=O)O)C(=O)NCC1CCCN1CC. The van der Waals surface area contributed by atoms with Gasteiger partial charge in [0.05, 0.1) is 0 Å². The number of amides is 2. The number of hydrogen-bond donors (Lipinski definition) is 2. The molecule has 2 N–H and O–H groups in total. The summed E-state index contributed by atoms with van der Waals surface area (Å²) in [4.78, 5) is 26.8. The number of carboxylic acid groups (broad SMARTS) is 1. The van der Waals surface area contributed by atoms with Crippen molar-refractivity contribution in [3.8, 4) is 0 Å². The second-order valence-electron chi connectivity index (χ2n) is 5.39. The van der Waals surface area contributed by atoms with Gasteiger partial charge < -0.3 is 15.3 Å². The van der Waals surface area contributed by atoms with Crippen LogP contribution >= 0.6 is 0 Å². The molecule has 1 heterocycles. The van der Waals surface area contributed by atoms with Crippen molar-refractivity contribution in [1.82, 2.24) is 15.1 Å². The third kappa shape index (κ3) is 4.67. The van der Waals surface area contributed by atoms with Gasteiger partial charge in [0.25, 0.3) is 0 Å². The summed E-state index contributed by atoms with van der Waals surface area (Å²) in [5.41, 5.74) is 0. The van der Waals surface area contributed by atoms with Gasteiger partial charge in [0.15, 0.2) is 0 Å². The van der Waals surface area contributed by atoms with Crippen LogP contribution in [0.25, 0.3) is 0 Å². The number of aliphatic carboxylic acids is 1. The minimum absolute atomic E-state index is 0.0723. The molecule has 6 nitrogen and oxygen atoms in total. The molecule has 1 rings (SSSR count). The lowest BCUT2D eigenvalue weighted by Gasteiger charge is -2.29. The van der Waals surface area contributed by atoms with Crippen LogP contribution in [0.4, 0.5) is 4.79 Å². The second-order valence-corrected chi connectivity index (χ2v) is 5.39. The third-order valence-electron chi connectivity index (χ3n) is 4.08. The molecule has 0 aromatic heterocycles. The van der Waals surface area contributed by atoms with Crippen molar-refractivity contribution in [2.75, 3.05) is 26.2 Å². The Hall–Kier alpha value is -1.30. The van der Waals surface area contributed by atoms with Crippen molar-refractivity contribution >= 4 is 12.0 Å². The topological polar surface area (TPSA) is 72.9 Å².